The molecule has 130 valence electrons. The quantitative estimate of drug-likeness (QED) is 0.620. The Kier molecular flexibility index (Phi) is 5.25. The van der Waals surface area contributed by atoms with Crippen LogP contribution >= 0.6 is 12.2 Å². The fraction of sp³-hybridized carbons (Fsp3) is 0.222. The Balaban J connectivity index is 1.72. The molecule has 3 rings (SSSR count). The monoisotopic (exact) mass is 359 g/mol. The summed E-state index contributed by atoms with van der Waals surface area (Å²) in [6, 6.07) is 13.9. The first-order valence-corrected chi connectivity index (χ1v) is 8.11. The molecular formula is C18H18FN3O2S. The van der Waals surface area contributed by atoms with Gasteiger partial charge in [-0.05, 0) is 61.2 Å². The van der Waals surface area contributed by atoms with Crippen molar-refractivity contribution in [3.8, 4) is 17.2 Å². The minimum absolute atomic E-state index is 0.245. The largest absolute Gasteiger partial charge is 0.497 e. The van der Waals surface area contributed by atoms with Gasteiger partial charge in [-0.2, -0.15) is 0 Å². The molecule has 25 heavy (non-hydrogen) atoms. The number of hydrogen-bond acceptors (Lipinski definition) is 5. The van der Waals surface area contributed by atoms with Crippen molar-refractivity contribution >= 4 is 12.2 Å². The molecule has 1 heterocycles. The number of benzene rings is 2. The standard InChI is InChI=1S/C18H18FN3O2S/c1-21(11-13-4-3-5-15(19)10-13)12-22-18(25)24-17(20-22)14-6-8-16(23-2)9-7-14/h3-10H,11-12H2,1-2H3. The fourth-order valence-electron chi connectivity index (χ4n) is 2.47. The Morgan fingerprint density at radius 3 is 2.68 bits per heavy atom. The van der Waals surface area contributed by atoms with Gasteiger partial charge in [-0.3, -0.25) is 4.90 Å². The topological polar surface area (TPSA) is 43.4 Å². The van der Waals surface area contributed by atoms with E-state index in [0.29, 0.717) is 19.1 Å². The summed E-state index contributed by atoms with van der Waals surface area (Å²) in [5, 5.41) is 4.42. The maximum absolute atomic E-state index is 13.3. The van der Waals surface area contributed by atoms with E-state index in [0.717, 1.165) is 16.9 Å². The number of nitrogens with zero attached hydrogens (tertiary/aromatic N) is 3. The van der Waals surface area contributed by atoms with E-state index < -0.39 is 0 Å². The highest BCUT2D eigenvalue weighted by atomic mass is 32.1. The number of methoxy groups -OCH3 is 1. The maximum atomic E-state index is 13.3. The predicted octanol–water partition coefficient (Wildman–Crippen LogP) is 4.11. The molecule has 0 saturated carbocycles. The summed E-state index contributed by atoms with van der Waals surface area (Å²) >= 11 is 5.25. The first kappa shape index (κ1) is 17.3. The van der Waals surface area contributed by atoms with E-state index in [1.54, 1.807) is 17.9 Å². The van der Waals surface area contributed by atoms with E-state index in [1.165, 1.54) is 12.1 Å². The maximum Gasteiger partial charge on any atom is 0.288 e. The molecule has 0 amide bonds. The minimum atomic E-state index is -0.245. The first-order chi connectivity index (χ1) is 12.0. The normalized spacial score (nSPS) is 11.0. The van der Waals surface area contributed by atoms with Crippen molar-refractivity contribution in [1.29, 1.82) is 0 Å². The van der Waals surface area contributed by atoms with Gasteiger partial charge in [-0.25, -0.2) is 9.07 Å². The van der Waals surface area contributed by atoms with Crippen molar-refractivity contribution in [1.82, 2.24) is 14.7 Å². The van der Waals surface area contributed by atoms with E-state index in [2.05, 4.69) is 5.10 Å². The van der Waals surface area contributed by atoms with Crippen molar-refractivity contribution in [2.24, 2.45) is 0 Å². The summed E-state index contributed by atoms with van der Waals surface area (Å²) in [6.45, 7) is 1.01. The molecule has 0 aliphatic carbocycles. The zero-order chi connectivity index (χ0) is 17.8. The predicted molar refractivity (Wildman–Crippen MR) is 95.2 cm³/mol. The van der Waals surface area contributed by atoms with Crippen LogP contribution in [-0.2, 0) is 13.2 Å². The van der Waals surface area contributed by atoms with Gasteiger partial charge in [-0.1, -0.05) is 12.1 Å². The molecule has 1 aromatic heterocycles. The summed E-state index contributed by atoms with van der Waals surface area (Å²) in [5.74, 6) is 0.967. The number of halogens is 1. The summed E-state index contributed by atoms with van der Waals surface area (Å²) in [7, 11) is 3.53. The van der Waals surface area contributed by atoms with Gasteiger partial charge in [0.25, 0.3) is 4.84 Å². The van der Waals surface area contributed by atoms with Crippen molar-refractivity contribution in [3.05, 3.63) is 64.7 Å². The van der Waals surface area contributed by atoms with Gasteiger partial charge in [0.15, 0.2) is 0 Å². The van der Waals surface area contributed by atoms with Crippen LogP contribution in [0, 0.1) is 10.7 Å². The fourth-order valence-corrected chi connectivity index (χ4v) is 2.65. The Bertz CT molecular complexity index is 905. The van der Waals surface area contributed by atoms with E-state index in [4.69, 9.17) is 21.4 Å². The smallest absolute Gasteiger partial charge is 0.288 e. The third-order valence-electron chi connectivity index (χ3n) is 3.66. The lowest BCUT2D eigenvalue weighted by Gasteiger charge is -2.15. The molecule has 0 aliphatic rings. The Morgan fingerprint density at radius 1 is 1.24 bits per heavy atom. The van der Waals surface area contributed by atoms with Crippen LogP contribution in [-0.4, -0.2) is 28.8 Å². The molecule has 0 spiro atoms. The van der Waals surface area contributed by atoms with E-state index in [9.17, 15) is 4.39 Å². The zero-order valence-corrected chi connectivity index (χ0v) is 14.8. The van der Waals surface area contributed by atoms with Gasteiger partial charge in [-0.15, -0.1) is 5.10 Å². The number of aromatic nitrogens is 2. The Morgan fingerprint density at radius 2 is 2.00 bits per heavy atom. The molecule has 0 atom stereocenters. The Labute approximate surface area is 150 Å². The lowest BCUT2D eigenvalue weighted by Crippen LogP contribution is -2.22. The molecule has 5 nitrogen and oxygen atoms in total. The zero-order valence-electron chi connectivity index (χ0n) is 14.0. The van der Waals surface area contributed by atoms with Gasteiger partial charge < -0.3 is 9.15 Å². The molecule has 0 radical (unpaired) electrons. The van der Waals surface area contributed by atoms with Crippen LogP contribution in [0.2, 0.25) is 0 Å². The highest BCUT2D eigenvalue weighted by Gasteiger charge is 2.10. The molecule has 2 aromatic carbocycles. The first-order valence-electron chi connectivity index (χ1n) is 7.70. The molecule has 0 saturated heterocycles. The van der Waals surface area contributed by atoms with E-state index in [-0.39, 0.29) is 10.7 Å². The second-order valence-electron chi connectivity index (χ2n) is 5.69. The van der Waals surface area contributed by atoms with Gasteiger partial charge >= 0.3 is 0 Å². The van der Waals surface area contributed by atoms with Crippen LogP contribution in [0.25, 0.3) is 11.5 Å². The molecule has 0 bridgehead atoms. The average Bonchev–Trinajstić information content (AvgIpc) is 2.95. The van der Waals surface area contributed by atoms with Crippen molar-refractivity contribution in [3.63, 3.8) is 0 Å². The van der Waals surface area contributed by atoms with Crippen LogP contribution in [0.3, 0.4) is 0 Å². The van der Waals surface area contributed by atoms with Gasteiger partial charge in [0.1, 0.15) is 11.6 Å². The SMILES string of the molecule is COc1ccc(-c2nn(CN(C)Cc3cccc(F)c3)c(=S)o2)cc1. The molecule has 0 unspecified atom stereocenters. The summed E-state index contributed by atoms with van der Waals surface area (Å²) < 4.78 is 25.6. The third kappa shape index (κ3) is 4.32. The van der Waals surface area contributed by atoms with Crippen molar-refractivity contribution in [2.45, 2.75) is 13.2 Å². The summed E-state index contributed by atoms with van der Waals surface area (Å²) in [5.41, 5.74) is 1.70. The lowest BCUT2D eigenvalue weighted by atomic mass is 10.2. The van der Waals surface area contributed by atoms with Crippen LogP contribution in [0.1, 0.15) is 5.56 Å². The van der Waals surface area contributed by atoms with Gasteiger partial charge in [0.2, 0.25) is 5.89 Å². The van der Waals surface area contributed by atoms with Crippen LogP contribution in [0.4, 0.5) is 4.39 Å². The van der Waals surface area contributed by atoms with Crippen molar-refractivity contribution < 1.29 is 13.5 Å². The summed E-state index contributed by atoms with van der Waals surface area (Å²) in [6.07, 6.45) is 0. The van der Waals surface area contributed by atoms with Crippen LogP contribution < -0.4 is 4.74 Å². The molecule has 3 aromatic rings. The third-order valence-corrected chi connectivity index (χ3v) is 3.95. The molecule has 7 heteroatoms. The lowest BCUT2D eigenvalue weighted by molar-refractivity contribution is 0.240. The van der Waals surface area contributed by atoms with E-state index in [1.807, 2.05) is 42.3 Å². The number of rotatable bonds is 6. The molecular weight excluding hydrogens is 341 g/mol. The van der Waals surface area contributed by atoms with Gasteiger partial charge in [0, 0.05) is 12.1 Å². The Hall–Kier alpha value is -2.51. The second kappa shape index (κ2) is 7.58. The highest BCUT2D eigenvalue weighted by Crippen LogP contribution is 2.21. The molecule has 0 N–H and O–H groups in total. The number of hydrogen-bond donors (Lipinski definition) is 0. The van der Waals surface area contributed by atoms with Gasteiger partial charge in [0.05, 0.1) is 13.8 Å². The second-order valence-corrected chi connectivity index (χ2v) is 6.04. The minimum Gasteiger partial charge on any atom is -0.497 e. The number of ether oxygens (including phenoxy) is 1. The van der Waals surface area contributed by atoms with Crippen LogP contribution in [0.15, 0.2) is 52.9 Å². The van der Waals surface area contributed by atoms with E-state index >= 15 is 0 Å². The average molecular weight is 359 g/mol. The molecule has 0 fully saturated rings. The van der Waals surface area contributed by atoms with Crippen molar-refractivity contribution in [2.75, 3.05) is 14.2 Å². The van der Waals surface area contributed by atoms with Crippen LogP contribution in [0.5, 0.6) is 5.75 Å². The highest BCUT2D eigenvalue weighted by molar-refractivity contribution is 7.71. The molecule has 0 aliphatic heterocycles. The summed E-state index contributed by atoms with van der Waals surface area (Å²) in [4.78, 5) is 2.27.